The lowest BCUT2D eigenvalue weighted by molar-refractivity contribution is 0.751. The molecule has 2 aromatic rings. The van der Waals surface area contributed by atoms with Crippen molar-refractivity contribution in [3.8, 4) is 11.3 Å². The van der Waals surface area contributed by atoms with E-state index in [1.54, 1.807) is 0 Å². The highest BCUT2D eigenvalue weighted by Gasteiger charge is 2.23. The van der Waals surface area contributed by atoms with Crippen molar-refractivity contribution in [3.05, 3.63) is 34.9 Å². The average Bonchev–Trinajstić information content (AvgIpc) is 2.95. The van der Waals surface area contributed by atoms with Gasteiger partial charge in [0.1, 0.15) is 0 Å². The quantitative estimate of drug-likeness (QED) is 0.886. The molecule has 19 heavy (non-hydrogen) atoms. The van der Waals surface area contributed by atoms with Crippen molar-refractivity contribution < 1.29 is 0 Å². The molecule has 3 N–H and O–H groups in total. The first kappa shape index (κ1) is 12.5. The first-order valence-electron chi connectivity index (χ1n) is 6.46. The zero-order valence-corrected chi connectivity index (χ0v) is 11.6. The second kappa shape index (κ2) is 4.87. The van der Waals surface area contributed by atoms with Crippen LogP contribution in [0.1, 0.15) is 12.0 Å². The van der Waals surface area contributed by atoms with Gasteiger partial charge in [0.25, 0.3) is 0 Å². The van der Waals surface area contributed by atoms with E-state index in [1.807, 2.05) is 24.3 Å². The maximum Gasteiger partial charge on any atom is 0.153 e. The Bertz CT molecular complexity index is 593. The Kier molecular flexibility index (Phi) is 3.21. The molecule has 0 bridgehead atoms. The monoisotopic (exact) mass is 276 g/mol. The van der Waals surface area contributed by atoms with Gasteiger partial charge >= 0.3 is 0 Å². The molecule has 1 unspecified atom stereocenters. The van der Waals surface area contributed by atoms with E-state index in [-0.39, 0.29) is 6.04 Å². The van der Waals surface area contributed by atoms with Crippen LogP contribution in [0.4, 0.5) is 5.82 Å². The van der Waals surface area contributed by atoms with Crippen LogP contribution in [-0.4, -0.2) is 29.3 Å². The van der Waals surface area contributed by atoms with E-state index in [1.165, 1.54) is 0 Å². The number of aromatic amines is 1. The highest BCUT2D eigenvalue weighted by molar-refractivity contribution is 6.30. The number of anilines is 1. The van der Waals surface area contributed by atoms with E-state index in [0.29, 0.717) is 0 Å². The smallest absolute Gasteiger partial charge is 0.153 e. The number of hydrogen-bond donors (Lipinski definition) is 2. The van der Waals surface area contributed by atoms with Crippen LogP contribution in [0.3, 0.4) is 0 Å². The number of halogens is 1. The molecule has 4 nitrogen and oxygen atoms in total. The van der Waals surface area contributed by atoms with Gasteiger partial charge in [-0.1, -0.05) is 23.7 Å². The van der Waals surface area contributed by atoms with Crippen LogP contribution < -0.4 is 10.6 Å². The van der Waals surface area contributed by atoms with Crippen molar-refractivity contribution in [1.29, 1.82) is 0 Å². The third-order valence-corrected chi connectivity index (χ3v) is 3.86. The number of aromatic nitrogens is 2. The average molecular weight is 277 g/mol. The molecule has 1 aliphatic heterocycles. The van der Waals surface area contributed by atoms with E-state index < -0.39 is 0 Å². The molecule has 1 aliphatic rings. The van der Waals surface area contributed by atoms with Gasteiger partial charge in [0.2, 0.25) is 0 Å². The van der Waals surface area contributed by atoms with Gasteiger partial charge in [-0.2, -0.15) is 5.10 Å². The summed E-state index contributed by atoms with van der Waals surface area (Å²) >= 11 is 6.04. The van der Waals surface area contributed by atoms with Crippen LogP contribution in [0.5, 0.6) is 0 Å². The van der Waals surface area contributed by atoms with Gasteiger partial charge in [0.05, 0.1) is 5.69 Å². The van der Waals surface area contributed by atoms with E-state index in [4.69, 9.17) is 17.3 Å². The Morgan fingerprint density at radius 3 is 3.00 bits per heavy atom. The van der Waals surface area contributed by atoms with Gasteiger partial charge < -0.3 is 10.6 Å². The largest absolute Gasteiger partial charge is 0.353 e. The van der Waals surface area contributed by atoms with E-state index in [9.17, 15) is 0 Å². The minimum atomic E-state index is 0.255. The Labute approximate surface area is 117 Å². The molecule has 0 saturated carbocycles. The molecule has 1 saturated heterocycles. The van der Waals surface area contributed by atoms with Gasteiger partial charge in [-0.3, -0.25) is 5.10 Å². The highest BCUT2D eigenvalue weighted by atomic mass is 35.5. The summed E-state index contributed by atoms with van der Waals surface area (Å²) in [6.45, 7) is 3.93. The van der Waals surface area contributed by atoms with Gasteiger partial charge in [0, 0.05) is 35.3 Å². The standard InChI is InChI=1S/C14H17ClN4/c1-9-13(10-3-2-4-11(15)7-10)17-18-14(9)19-6-5-12(16)8-19/h2-4,7,12H,5-6,8,16H2,1H3,(H,17,18). The molecule has 3 rings (SSSR count). The Balaban J connectivity index is 1.95. The summed E-state index contributed by atoms with van der Waals surface area (Å²) in [5, 5.41) is 8.29. The van der Waals surface area contributed by atoms with Crippen molar-refractivity contribution in [2.75, 3.05) is 18.0 Å². The predicted molar refractivity (Wildman–Crippen MR) is 78.6 cm³/mol. The van der Waals surface area contributed by atoms with Crippen LogP contribution in [-0.2, 0) is 0 Å². The molecular formula is C14H17ClN4. The van der Waals surface area contributed by atoms with Crippen LogP contribution in [0, 0.1) is 6.92 Å². The van der Waals surface area contributed by atoms with Crippen molar-refractivity contribution in [1.82, 2.24) is 10.2 Å². The maximum atomic E-state index is 6.04. The molecule has 1 aromatic carbocycles. The van der Waals surface area contributed by atoms with Crippen molar-refractivity contribution in [3.63, 3.8) is 0 Å². The molecule has 0 radical (unpaired) electrons. The second-order valence-corrected chi connectivity index (χ2v) is 5.49. The number of nitrogens with two attached hydrogens (primary N) is 1. The number of nitrogens with one attached hydrogen (secondary N) is 1. The topological polar surface area (TPSA) is 57.9 Å². The van der Waals surface area contributed by atoms with Crippen LogP contribution in [0.15, 0.2) is 24.3 Å². The Morgan fingerprint density at radius 2 is 2.32 bits per heavy atom. The third kappa shape index (κ3) is 2.33. The summed E-state index contributed by atoms with van der Waals surface area (Å²) in [6, 6.07) is 8.05. The molecule has 100 valence electrons. The minimum Gasteiger partial charge on any atom is -0.353 e. The first-order valence-corrected chi connectivity index (χ1v) is 6.84. The predicted octanol–water partition coefficient (Wildman–Crippen LogP) is 2.58. The van der Waals surface area contributed by atoms with Gasteiger partial charge in [-0.05, 0) is 25.5 Å². The van der Waals surface area contributed by atoms with E-state index in [0.717, 1.165) is 47.2 Å². The lowest BCUT2D eigenvalue weighted by Crippen LogP contribution is -2.26. The Hall–Kier alpha value is -1.52. The van der Waals surface area contributed by atoms with Gasteiger partial charge in [-0.15, -0.1) is 0 Å². The van der Waals surface area contributed by atoms with Crippen molar-refractivity contribution in [2.45, 2.75) is 19.4 Å². The Morgan fingerprint density at radius 1 is 1.47 bits per heavy atom. The second-order valence-electron chi connectivity index (χ2n) is 5.05. The summed E-state index contributed by atoms with van der Waals surface area (Å²) in [7, 11) is 0. The van der Waals surface area contributed by atoms with Gasteiger partial charge in [-0.25, -0.2) is 0 Å². The molecule has 1 fully saturated rings. The SMILES string of the molecule is Cc1c(N2CCC(N)C2)n[nH]c1-c1cccc(Cl)c1. The van der Waals surface area contributed by atoms with Crippen molar-refractivity contribution in [2.24, 2.45) is 5.73 Å². The number of nitrogens with zero attached hydrogens (tertiary/aromatic N) is 2. The van der Waals surface area contributed by atoms with Crippen LogP contribution in [0.2, 0.25) is 5.02 Å². The normalized spacial score (nSPS) is 19.1. The lowest BCUT2D eigenvalue weighted by Gasteiger charge is -2.15. The zero-order chi connectivity index (χ0) is 13.4. The van der Waals surface area contributed by atoms with Crippen LogP contribution >= 0.6 is 11.6 Å². The minimum absolute atomic E-state index is 0.255. The molecule has 5 heteroatoms. The number of H-pyrrole nitrogens is 1. The molecule has 1 atom stereocenters. The third-order valence-electron chi connectivity index (χ3n) is 3.62. The zero-order valence-electron chi connectivity index (χ0n) is 10.9. The summed E-state index contributed by atoms with van der Waals surface area (Å²) in [5.74, 6) is 1.00. The molecule has 0 spiro atoms. The summed E-state index contributed by atoms with van der Waals surface area (Å²) < 4.78 is 0. The summed E-state index contributed by atoms with van der Waals surface area (Å²) in [6.07, 6.45) is 1.03. The fourth-order valence-corrected chi connectivity index (χ4v) is 2.79. The van der Waals surface area contributed by atoms with Gasteiger partial charge in [0.15, 0.2) is 5.82 Å². The number of benzene rings is 1. The fourth-order valence-electron chi connectivity index (χ4n) is 2.60. The van der Waals surface area contributed by atoms with Crippen LogP contribution in [0.25, 0.3) is 11.3 Å². The molecule has 0 aliphatic carbocycles. The van der Waals surface area contributed by atoms with Crippen molar-refractivity contribution >= 4 is 17.4 Å². The lowest BCUT2D eigenvalue weighted by atomic mass is 10.1. The summed E-state index contributed by atoms with van der Waals surface area (Å²) in [4.78, 5) is 2.24. The number of hydrogen-bond acceptors (Lipinski definition) is 3. The fraction of sp³-hybridized carbons (Fsp3) is 0.357. The van der Waals surface area contributed by atoms with E-state index in [2.05, 4.69) is 22.0 Å². The summed E-state index contributed by atoms with van der Waals surface area (Å²) in [5.41, 5.74) is 9.19. The molecule has 2 heterocycles. The number of rotatable bonds is 2. The van der Waals surface area contributed by atoms with E-state index >= 15 is 0 Å². The molecule has 0 amide bonds. The molecule has 1 aromatic heterocycles. The maximum absolute atomic E-state index is 6.04. The first-order chi connectivity index (χ1) is 9.15. The molecular weight excluding hydrogens is 260 g/mol. The highest BCUT2D eigenvalue weighted by Crippen LogP contribution is 2.30.